The Morgan fingerprint density at radius 1 is 1.00 bits per heavy atom. The molecule has 0 unspecified atom stereocenters. The van der Waals surface area contributed by atoms with Crippen molar-refractivity contribution in [3.8, 4) is 28.9 Å². The Morgan fingerprint density at radius 3 is 2.15 bits per heavy atom. The highest BCUT2D eigenvalue weighted by Crippen LogP contribution is 2.25. The molecular weight excluding hydrogens is 344 g/mol. The number of nitrogens with zero attached hydrogens (tertiary/aromatic N) is 1. The van der Waals surface area contributed by atoms with Crippen LogP contribution in [0, 0.1) is 11.3 Å². The van der Waals surface area contributed by atoms with Gasteiger partial charge in [-0.25, -0.2) is 4.79 Å². The summed E-state index contributed by atoms with van der Waals surface area (Å²) in [6.07, 6.45) is 0. The molecule has 1 N–H and O–H groups in total. The molecule has 6 nitrogen and oxygen atoms in total. The van der Waals surface area contributed by atoms with Gasteiger partial charge < -0.3 is 19.2 Å². The van der Waals surface area contributed by atoms with Gasteiger partial charge in [-0.05, 0) is 42.0 Å². The van der Waals surface area contributed by atoms with Gasteiger partial charge in [-0.3, -0.25) is 0 Å². The highest BCUT2D eigenvalue weighted by atomic mass is 16.5. The summed E-state index contributed by atoms with van der Waals surface area (Å²) in [7, 11) is 3.19. The molecule has 3 rings (SSSR count). The van der Waals surface area contributed by atoms with Crippen LogP contribution in [0.3, 0.4) is 0 Å². The predicted molar refractivity (Wildman–Crippen MR) is 102 cm³/mol. The molecular formula is C21H18N2O4. The first-order valence-corrected chi connectivity index (χ1v) is 8.24. The maximum atomic E-state index is 12.2. The van der Waals surface area contributed by atoms with E-state index in [1.807, 2.05) is 30.3 Å². The number of methoxy groups -OCH3 is 2. The number of nitrogens with one attached hydrogen (secondary N) is 1. The second-order valence-electron chi connectivity index (χ2n) is 5.73. The average molecular weight is 362 g/mol. The number of nitriles is 1. The summed E-state index contributed by atoms with van der Waals surface area (Å²) < 4.78 is 15.6. The second-order valence-corrected chi connectivity index (χ2v) is 5.73. The van der Waals surface area contributed by atoms with Gasteiger partial charge in [-0.2, -0.15) is 5.26 Å². The number of hydrogen-bond donors (Lipinski definition) is 1. The first kappa shape index (κ1) is 18.1. The third-order valence-electron chi connectivity index (χ3n) is 4.08. The van der Waals surface area contributed by atoms with Crippen LogP contribution in [0.25, 0.3) is 11.3 Å². The van der Waals surface area contributed by atoms with Gasteiger partial charge in [0.05, 0.1) is 19.9 Å². The van der Waals surface area contributed by atoms with Crippen molar-refractivity contribution in [1.82, 2.24) is 0 Å². The quantitative estimate of drug-likeness (QED) is 0.718. The van der Waals surface area contributed by atoms with Crippen molar-refractivity contribution in [1.29, 1.82) is 5.26 Å². The number of anilines is 1. The van der Waals surface area contributed by atoms with Crippen LogP contribution in [-0.2, 0) is 6.54 Å². The van der Waals surface area contributed by atoms with Crippen LogP contribution < -0.4 is 20.4 Å². The van der Waals surface area contributed by atoms with E-state index in [9.17, 15) is 10.1 Å². The summed E-state index contributed by atoms with van der Waals surface area (Å²) in [6.45, 7) is 0.449. The number of hydrogen-bond acceptors (Lipinski definition) is 6. The van der Waals surface area contributed by atoms with Gasteiger partial charge in [0.25, 0.3) is 0 Å². The molecule has 0 aliphatic heterocycles. The summed E-state index contributed by atoms with van der Waals surface area (Å²) in [4.78, 5) is 12.2. The normalized spacial score (nSPS) is 10.1. The molecule has 27 heavy (non-hydrogen) atoms. The largest absolute Gasteiger partial charge is 0.497 e. The molecule has 136 valence electrons. The zero-order chi connectivity index (χ0) is 19.2. The molecule has 6 heteroatoms. The predicted octanol–water partition coefficient (Wildman–Crippen LogP) is 3.81. The number of rotatable bonds is 6. The molecule has 0 spiro atoms. The highest BCUT2D eigenvalue weighted by Gasteiger charge is 2.13. The van der Waals surface area contributed by atoms with Gasteiger partial charge in [-0.15, -0.1) is 0 Å². The Kier molecular flexibility index (Phi) is 5.43. The lowest BCUT2D eigenvalue weighted by Gasteiger charge is -2.10. The van der Waals surface area contributed by atoms with E-state index in [0.29, 0.717) is 29.3 Å². The first-order chi connectivity index (χ1) is 13.1. The van der Waals surface area contributed by atoms with Crippen molar-refractivity contribution in [3.05, 3.63) is 76.1 Å². The summed E-state index contributed by atoms with van der Waals surface area (Å²) >= 11 is 0. The van der Waals surface area contributed by atoms with E-state index in [-0.39, 0.29) is 5.56 Å². The summed E-state index contributed by atoms with van der Waals surface area (Å²) in [5, 5.41) is 12.5. The minimum Gasteiger partial charge on any atom is -0.497 e. The molecule has 0 saturated heterocycles. The SMILES string of the molecule is COc1ccc(CNc2cc(-c3ccc(OC)cc3)oc(=O)c2C#N)cc1. The van der Waals surface area contributed by atoms with E-state index in [1.165, 1.54) is 0 Å². The summed E-state index contributed by atoms with van der Waals surface area (Å²) in [5.74, 6) is 1.84. The van der Waals surface area contributed by atoms with E-state index in [1.54, 1.807) is 44.6 Å². The maximum Gasteiger partial charge on any atom is 0.356 e. The Bertz CT molecular complexity index is 1020. The number of ether oxygens (including phenoxy) is 2. The fourth-order valence-electron chi connectivity index (χ4n) is 2.58. The molecule has 1 aromatic heterocycles. The van der Waals surface area contributed by atoms with Crippen molar-refractivity contribution in [3.63, 3.8) is 0 Å². The van der Waals surface area contributed by atoms with E-state index >= 15 is 0 Å². The van der Waals surface area contributed by atoms with Crippen molar-refractivity contribution >= 4 is 5.69 Å². The van der Waals surface area contributed by atoms with Gasteiger partial charge in [0.15, 0.2) is 5.56 Å². The third-order valence-corrected chi connectivity index (χ3v) is 4.08. The molecule has 2 aromatic carbocycles. The maximum absolute atomic E-state index is 12.2. The standard InChI is InChI=1S/C21H18N2O4/c1-25-16-7-3-14(4-8-16)13-23-19-11-20(27-21(24)18(19)12-22)15-5-9-17(26-2)10-6-15/h3-11,23H,13H2,1-2H3. The lowest BCUT2D eigenvalue weighted by molar-refractivity contribution is 0.414. The Labute approximate surface area is 156 Å². The lowest BCUT2D eigenvalue weighted by atomic mass is 10.1. The zero-order valence-corrected chi connectivity index (χ0v) is 15.0. The van der Waals surface area contributed by atoms with Crippen LogP contribution in [0.1, 0.15) is 11.1 Å². The van der Waals surface area contributed by atoms with Crippen molar-refractivity contribution in [2.24, 2.45) is 0 Å². The van der Waals surface area contributed by atoms with E-state index in [4.69, 9.17) is 13.9 Å². The molecule has 3 aromatic rings. The minimum absolute atomic E-state index is 0.0548. The molecule has 0 radical (unpaired) electrons. The monoisotopic (exact) mass is 362 g/mol. The van der Waals surface area contributed by atoms with E-state index < -0.39 is 5.63 Å². The van der Waals surface area contributed by atoms with Crippen LogP contribution in [-0.4, -0.2) is 14.2 Å². The zero-order valence-electron chi connectivity index (χ0n) is 15.0. The fraction of sp³-hybridized carbons (Fsp3) is 0.143. The van der Waals surface area contributed by atoms with Gasteiger partial charge in [0, 0.05) is 18.2 Å². The molecule has 0 atom stereocenters. The summed E-state index contributed by atoms with van der Waals surface area (Å²) in [5.41, 5.74) is 1.39. The van der Waals surface area contributed by atoms with Gasteiger partial charge >= 0.3 is 5.63 Å². The Balaban J connectivity index is 1.89. The van der Waals surface area contributed by atoms with Crippen molar-refractivity contribution in [2.45, 2.75) is 6.54 Å². The van der Waals surface area contributed by atoms with E-state index in [0.717, 1.165) is 11.3 Å². The van der Waals surface area contributed by atoms with Crippen LogP contribution in [0.4, 0.5) is 5.69 Å². The molecule has 0 saturated carbocycles. The Morgan fingerprint density at radius 2 is 1.59 bits per heavy atom. The van der Waals surface area contributed by atoms with Gasteiger partial charge in [-0.1, -0.05) is 12.1 Å². The highest BCUT2D eigenvalue weighted by molar-refractivity contribution is 5.67. The average Bonchev–Trinajstić information content (AvgIpc) is 2.72. The minimum atomic E-state index is -0.678. The van der Waals surface area contributed by atoms with Crippen LogP contribution in [0.15, 0.2) is 63.8 Å². The third kappa shape index (κ3) is 4.10. The molecule has 0 bridgehead atoms. The Hall–Kier alpha value is -3.72. The summed E-state index contributed by atoms with van der Waals surface area (Å²) in [6, 6.07) is 18.2. The first-order valence-electron chi connectivity index (χ1n) is 8.24. The van der Waals surface area contributed by atoms with Crippen LogP contribution in [0.2, 0.25) is 0 Å². The fourth-order valence-corrected chi connectivity index (χ4v) is 2.58. The van der Waals surface area contributed by atoms with Crippen LogP contribution in [0.5, 0.6) is 11.5 Å². The van der Waals surface area contributed by atoms with Crippen LogP contribution >= 0.6 is 0 Å². The smallest absolute Gasteiger partial charge is 0.356 e. The number of benzene rings is 2. The molecule has 1 heterocycles. The molecule has 0 fully saturated rings. The second kappa shape index (κ2) is 8.11. The van der Waals surface area contributed by atoms with Crippen molar-refractivity contribution in [2.75, 3.05) is 19.5 Å². The molecule has 0 aliphatic rings. The lowest BCUT2D eigenvalue weighted by Crippen LogP contribution is -2.11. The topological polar surface area (TPSA) is 84.5 Å². The molecule has 0 aliphatic carbocycles. The van der Waals surface area contributed by atoms with Gasteiger partial charge in [0.1, 0.15) is 23.3 Å². The van der Waals surface area contributed by atoms with Crippen molar-refractivity contribution < 1.29 is 13.9 Å². The van der Waals surface area contributed by atoms with Gasteiger partial charge in [0.2, 0.25) is 0 Å². The molecule has 0 amide bonds. The van der Waals surface area contributed by atoms with E-state index in [2.05, 4.69) is 5.32 Å².